The Bertz CT molecular complexity index is 1000. The first-order valence-electron chi connectivity index (χ1n) is 16.3. The van der Waals surface area contributed by atoms with Crippen molar-refractivity contribution in [3.05, 3.63) is 11.6 Å². The number of hydrogen-bond donors (Lipinski definition) is 4. The maximum Gasteiger partial charge on any atom is 0.171 e. The van der Waals surface area contributed by atoms with Crippen molar-refractivity contribution in [3.8, 4) is 0 Å². The third kappa shape index (κ3) is 3.87. The molecule has 0 amide bonds. The van der Waals surface area contributed by atoms with E-state index in [2.05, 4.69) is 33.8 Å². The highest BCUT2D eigenvalue weighted by molar-refractivity contribution is 5.26. The number of aliphatic hydroxyl groups excluding tert-OH is 4. The lowest BCUT2D eigenvalue weighted by Crippen LogP contribution is -2.61. The Balaban J connectivity index is 1.09. The Morgan fingerprint density at radius 2 is 1.75 bits per heavy atom. The van der Waals surface area contributed by atoms with Crippen LogP contribution < -0.4 is 0 Å². The number of hydrogen-bond acceptors (Lipinski definition) is 7. The predicted molar refractivity (Wildman–Crippen MR) is 149 cm³/mol. The van der Waals surface area contributed by atoms with E-state index < -0.39 is 30.5 Å². The standard InChI is InChI=1S/C33H52O7/c1-17-7-12-33(38-16-17)18(2)26-24(40-33)14-23-21-6-5-20-13-19(30-29(37)28(36)27(35)25(15-34)39-30)8-10-31(20,3)22(21)9-11-32(23,26)4/h5,17-19,21-30,34-37H,6-16H2,1-4H3/t17?,18-,19?,21?,22?,23?,24-,25+,26-,27+,28-,29+,30+,31-,32-,33+/m0/s1. The highest BCUT2D eigenvalue weighted by atomic mass is 16.7. The molecule has 0 aromatic rings. The molecule has 0 aromatic heterocycles. The molecule has 7 aliphatic rings. The molecule has 6 fully saturated rings. The highest BCUT2D eigenvalue weighted by Gasteiger charge is 2.68. The van der Waals surface area contributed by atoms with Gasteiger partial charge in [0, 0.05) is 12.3 Å². The van der Waals surface area contributed by atoms with Gasteiger partial charge in [-0.2, -0.15) is 0 Å². The van der Waals surface area contributed by atoms with Gasteiger partial charge in [-0.3, -0.25) is 0 Å². The van der Waals surface area contributed by atoms with Crippen molar-refractivity contribution < 1.29 is 34.6 Å². The van der Waals surface area contributed by atoms with Crippen LogP contribution in [0.15, 0.2) is 11.6 Å². The average Bonchev–Trinajstić information content (AvgIpc) is 3.38. The summed E-state index contributed by atoms with van der Waals surface area (Å²) in [5, 5.41) is 41.2. The van der Waals surface area contributed by atoms with Gasteiger partial charge in [0.1, 0.15) is 24.4 Å². The quantitative estimate of drug-likeness (QED) is 0.381. The first-order chi connectivity index (χ1) is 19.0. The molecule has 4 aliphatic carbocycles. The molecular formula is C33H52O7. The molecule has 0 bridgehead atoms. The molecule has 7 rings (SSSR count). The molecule has 3 saturated carbocycles. The zero-order chi connectivity index (χ0) is 28.2. The van der Waals surface area contributed by atoms with E-state index in [1.165, 1.54) is 31.3 Å². The van der Waals surface area contributed by atoms with Crippen LogP contribution >= 0.6 is 0 Å². The second-order valence-corrected chi connectivity index (χ2v) is 15.6. The molecule has 7 nitrogen and oxygen atoms in total. The molecule has 3 saturated heterocycles. The second kappa shape index (κ2) is 9.73. The maximum absolute atomic E-state index is 10.8. The first kappa shape index (κ1) is 28.2. The van der Waals surface area contributed by atoms with Crippen LogP contribution in [0.5, 0.6) is 0 Å². The van der Waals surface area contributed by atoms with Crippen LogP contribution in [-0.2, 0) is 14.2 Å². The molecule has 0 radical (unpaired) electrons. The van der Waals surface area contributed by atoms with Crippen molar-refractivity contribution >= 4 is 0 Å². The van der Waals surface area contributed by atoms with Crippen LogP contribution in [0.1, 0.15) is 85.5 Å². The molecule has 226 valence electrons. The van der Waals surface area contributed by atoms with Crippen LogP contribution in [-0.4, -0.2) is 76.1 Å². The van der Waals surface area contributed by atoms with Crippen LogP contribution in [0.2, 0.25) is 0 Å². The summed E-state index contributed by atoms with van der Waals surface area (Å²) in [4.78, 5) is 0. The predicted octanol–water partition coefficient (Wildman–Crippen LogP) is 3.81. The summed E-state index contributed by atoms with van der Waals surface area (Å²) in [5.74, 6) is 3.38. The lowest BCUT2D eigenvalue weighted by molar-refractivity contribution is -0.272. The molecule has 16 atom stereocenters. The topological polar surface area (TPSA) is 109 Å². The summed E-state index contributed by atoms with van der Waals surface area (Å²) in [6, 6.07) is 0. The average molecular weight is 561 g/mol. The summed E-state index contributed by atoms with van der Waals surface area (Å²) in [6.45, 7) is 10.2. The fourth-order valence-electron chi connectivity index (χ4n) is 11.5. The van der Waals surface area contributed by atoms with Crippen LogP contribution in [0.4, 0.5) is 0 Å². The molecule has 3 heterocycles. The molecular weight excluding hydrogens is 508 g/mol. The van der Waals surface area contributed by atoms with Gasteiger partial charge in [0.2, 0.25) is 0 Å². The highest BCUT2D eigenvalue weighted by Crippen LogP contribution is 2.71. The van der Waals surface area contributed by atoms with Crippen molar-refractivity contribution in [1.29, 1.82) is 0 Å². The van der Waals surface area contributed by atoms with Crippen LogP contribution in [0.25, 0.3) is 0 Å². The minimum absolute atomic E-state index is 0.0745. The summed E-state index contributed by atoms with van der Waals surface area (Å²) in [6.07, 6.45) is 7.58. The van der Waals surface area contributed by atoms with E-state index >= 15 is 0 Å². The smallest absolute Gasteiger partial charge is 0.171 e. The Morgan fingerprint density at radius 1 is 0.950 bits per heavy atom. The minimum atomic E-state index is -1.29. The lowest BCUT2D eigenvalue weighted by Gasteiger charge is -2.59. The van der Waals surface area contributed by atoms with Gasteiger partial charge in [0.25, 0.3) is 0 Å². The number of fused-ring (bicyclic) bond motifs is 7. The summed E-state index contributed by atoms with van der Waals surface area (Å²) in [5.41, 5.74) is 1.95. The molecule has 7 heteroatoms. The number of rotatable bonds is 2. The van der Waals surface area contributed by atoms with Crippen molar-refractivity contribution in [1.82, 2.24) is 0 Å². The molecule has 4 N–H and O–H groups in total. The zero-order valence-electron chi connectivity index (χ0n) is 24.9. The van der Waals surface area contributed by atoms with Gasteiger partial charge < -0.3 is 34.6 Å². The number of aliphatic hydroxyl groups is 4. The van der Waals surface area contributed by atoms with Gasteiger partial charge in [0.15, 0.2) is 5.79 Å². The van der Waals surface area contributed by atoms with Gasteiger partial charge in [-0.25, -0.2) is 0 Å². The van der Waals surface area contributed by atoms with Gasteiger partial charge in [-0.05, 0) is 97.7 Å². The third-order valence-corrected chi connectivity index (χ3v) is 13.8. The summed E-state index contributed by atoms with van der Waals surface area (Å²) >= 11 is 0. The number of ether oxygens (including phenoxy) is 3. The van der Waals surface area contributed by atoms with Crippen molar-refractivity contribution in [2.45, 2.75) is 128 Å². The monoisotopic (exact) mass is 560 g/mol. The normalized spacial score (nSPS) is 59.5. The van der Waals surface area contributed by atoms with Crippen molar-refractivity contribution in [2.24, 2.45) is 52.3 Å². The van der Waals surface area contributed by atoms with Crippen molar-refractivity contribution in [2.75, 3.05) is 13.2 Å². The summed E-state index contributed by atoms with van der Waals surface area (Å²) < 4.78 is 19.4. The van der Waals surface area contributed by atoms with E-state index in [0.717, 1.165) is 38.7 Å². The second-order valence-electron chi connectivity index (χ2n) is 15.6. The van der Waals surface area contributed by atoms with E-state index in [4.69, 9.17) is 14.2 Å². The molecule has 40 heavy (non-hydrogen) atoms. The van der Waals surface area contributed by atoms with E-state index in [9.17, 15) is 20.4 Å². The number of allylic oxidation sites excluding steroid dienone is 2. The van der Waals surface area contributed by atoms with E-state index in [0.29, 0.717) is 47.0 Å². The molecule has 0 aromatic carbocycles. The minimum Gasteiger partial charge on any atom is -0.394 e. The van der Waals surface area contributed by atoms with Crippen molar-refractivity contribution in [3.63, 3.8) is 0 Å². The Hall–Kier alpha value is -0.540. The Labute approximate surface area is 239 Å². The zero-order valence-corrected chi connectivity index (χ0v) is 24.9. The van der Waals surface area contributed by atoms with Gasteiger partial charge in [-0.1, -0.05) is 39.3 Å². The van der Waals surface area contributed by atoms with E-state index in [1.807, 2.05) is 0 Å². The maximum atomic E-state index is 10.8. The summed E-state index contributed by atoms with van der Waals surface area (Å²) in [7, 11) is 0. The Morgan fingerprint density at radius 3 is 2.48 bits per heavy atom. The van der Waals surface area contributed by atoms with Gasteiger partial charge in [0.05, 0.1) is 25.4 Å². The first-order valence-corrected chi connectivity index (χ1v) is 16.3. The fourth-order valence-corrected chi connectivity index (χ4v) is 11.5. The van der Waals surface area contributed by atoms with Crippen LogP contribution in [0.3, 0.4) is 0 Å². The van der Waals surface area contributed by atoms with Gasteiger partial charge in [-0.15, -0.1) is 0 Å². The Kier molecular flexibility index (Phi) is 6.87. The van der Waals surface area contributed by atoms with E-state index in [-0.39, 0.29) is 23.7 Å². The van der Waals surface area contributed by atoms with Gasteiger partial charge >= 0.3 is 0 Å². The largest absolute Gasteiger partial charge is 0.394 e. The van der Waals surface area contributed by atoms with E-state index in [1.54, 1.807) is 0 Å². The lowest BCUT2D eigenvalue weighted by atomic mass is 9.46. The molecule has 1 spiro atoms. The SMILES string of the molecule is CC1CC[C@@]2(OC1)O[C@H]1CC3C4CC=C5CC([C@H]6O[C@H](CO)[C@@H](O)[C@H](O)[C@H]6O)CC[C@]5(C)C4CC[C@]3(C)[C@H]1[C@@H]2C. The molecule has 5 unspecified atom stereocenters. The third-order valence-electron chi connectivity index (χ3n) is 13.8. The fraction of sp³-hybridized carbons (Fsp3) is 0.939. The molecule has 3 aliphatic heterocycles. The van der Waals surface area contributed by atoms with Crippen LogP contribution in [0, 0.1) is 52.3 Å².